The number of H-pyrrole nitrogens is 1. The Hall–Kier alpha value is -2.10. The number of aromatic nitrogens is 2. The minimum Gasteiger partial charge on any atom is -0.468 e. The molecule has 0 radical (unpaired) electrons. The molecule has 4 heteroatoms. The Morgan fingerprint density at radius 3 is 2.78 bits per heavy atom. The molecule has 0 saturated carbocycles. The van der Waals surface area contributed by atoms with Crippen LogP contribution in [0.5, 0.6) is 6.01 Å². The van der Waals surface area contributed by atoms with E-state index in [4.69, 9.17) is 4.74 Å². The van der Waals surface area contributed by atoms with Crippen molar-refractivity contribution in [1.29, 1.82) is 0 Å². The van der Waals surface area contributed by atoms with E-state index in [1.165, 1.54) is 12.7 Å². The summed E-state index contributed by atoms with van der Waals surface area (Å²) < 4.78 is 4.99. The quantitative estimate of drug-likeness (QED) is 0.898. The summed E-state index contributed by atoms with van der Waals surface area (Å²) in [6.07, 6.45) is 0.633. The zero-order valence-corrected chi connectivity index (χ0v) is 10.8. The van der Waals surface area contributed by atoms with E-state index >= 15 is 0 Å². The van der Waals surface area contributed by atoms with Crippen LogP contribution in [0.4, 0.5) is 0 Å². The van der Waals surface area contributed by atoms with Gasteiger partial charge in [0.1, 0.15) is 0 Å². The highest BCUT2D eigenvalue weighted by atomic mass is 16.5. The first-order valence-electron chi connectivity index (χ1n) is 5.79. The molecular weight excluding hydrogens is 228 g/mol. The molecule has 2 rings (SSSR count). The minimum atomic E-state index is -0.149. The summed E-state index contributed by atoms with van der Waals surface area (Å²) in [5, 5.41) is 0. The summed E-state index contributed by atoms with van der Waals surface area (Å²) >= 11 is 0. The Bertz CT molecular complexity index is 617. The van der Waals surface area contributed by atoms with Crippen LogP contribution in [0.1, 0.15) is 22.4 Å². The van der Waals surface area contributed by atoms with Gasteiger partial charge in [-0.05, 0) is 19.4 Å². The van der Waals surface area contributed by atoms with Crippen LogP contribution in [0.3, 0.4) is 0 Å². The predicted molar refractivity (Wildman–Crippen MR) is 70.1 cm³/mol. The molecule has 0 atom stereocenters. The van der Waals surface area contributed by atoms with Gasteiger partial charge in [0.15, 0.2) is 0 Å². The molecule has 0 aliphatic carbocycles. The Balaban J connectivity index is 2.39. The molecule has 1 N–H and O–H groups in total. The number of ether oxygens (including phenoxy) is 1. The Morgan fingerprint density at radius 1 is 1.33 bits per heavy atom. The van der Waals surface area contributed by atoms with Crippen molar-refractivity contribution in [3.8, 4) is 6.01 Å². The van der Waals surface area contributed by atoms with Crippen molar-refractivity contribution in [3.05, 3.63) is 57.0 Å². The van der Waals surface area contributed by atoms with Crippen LogP contribution < -0.4 is 10.3 Å². The van der Waals surface area contributed by atoms with Gasteiger partial charge in [-0.2, -0.15) is 0 Å². The van der Waals surface area contributed by atoms with Gasteiger partial charge in [-0.1, -0.05) is 29.8 Å². The van der Waals surface area contributed by atoms with Gasteiger partial charge in [0.2, 0.25) is 0 Å². The molecule has 94 valence electrons. The maximum absolute atomic E-state index is 11.7. The number of nitrogens with zero attached hydrogens (tertiary/aromatic N) is 1. The number of aryl methyl sites for hydroxylation is 1. The molecule has 1 aromatic heterocycles. The van der Waals surface area contributed by atoms with E-state index in [0.717, 1.165) is 11.3 Å². The van der Waals surface area contributed by atoms with E-state index in [0.29, 0.717) is 12.0 Å². The predicted octanol–water partition coefficient (Wildman–Crippen LogP) is 1.99. The van der Waals surface area contributed by atoms with E-state index in [1.807, 2.05) is 25.1 Å². The van der Waals surface area contributed by atoms with Gasteiger partial charge in [-0.15, -0.1) is 0 Å². The van der Waals surface area contributed by atoms with E-state index in [-0.39, 0.29) is 11.6 Å². The van der Waals surface area contributed by atoms with Crippen LogP contribution in [0.25, 0.3) is 0 Å². The first-order chi connectivity index (χ1) is 8.60. The fraction of sp³-hybridized carbons (Fsp3) is 0.286. The fourth-order valence-electron chi connectivity index (χ4n) is 1.84. The largest absolute Gasteiger partial charge is 0.468 e. The van der Waals surface area contributed by atoms with Gasteiger partial charge in [0.05, 0.1) is 12.8 Å². The van der Waals surface area contributed by atoms with Gasteiger partial charge in [-0.25, -0.2) is 4.98 Å². The molecule has 0 amide bonds. The highest BCUT2D eigenvalue weighted by Gasteiger charge is 2.08. The Kier molecular flexibility index (Phi) is 3.46. The number of hydrogen-bond acceptors (Lipinski definition) is 3. The maximum atomic E-state index is 11.7. The molecule has 0 bridgehead atoms. The topological polar surface area (TPSA) is 55.0 Å². The monoisotopic (exact) mass is 244 g/mol. The number of benzene rings is 1. The van der Waals surface area contributed by atoms with Gasteiger partial charge < -0.3 is 4.74 Å². The molecule has 0 unspecified atom stereocenters. The summed E-state index contributed by atoms with van der Waals surface area (Å²) in [5.74, 6) is 0. The average molecular weight is 244 g/mol. The van der Waals surface area contributed by atoms with Gasteiger partial charge in [-0.3, -0.25) is 9.78 Å². The van der Waals surface area contributed by atoms with Crippen LogP contribution in [-0.4, -0.2) is 17.1 Å². The van der Waals surface area contributed by atoms with Crippen molar-refractivity contribution in [2.75, 3.05) is 7.11 Å². The number of aromatic amines is 1. The normalized spacial score (nSPS) is 10.4. The van der Waals surface area contributed by atoms with Crippen molar-refractivity contribution >= 4 is 0 Å². The maximum Gasteiger partial charge on any atom is 0.296 e. The van der Waals surface area contributed by atoms with Crippen LogP contribution in [0, 0.1) is 13.8 Å². The van der Waals surface area contributed by atoms with Crippen molar-refractivity contribution in [1.82, 2.24) is 9.97 Å². The summed E-state index contributed by atoms with van der Waals surface area (Å²) in [6, 6.07) is 8.43. The number of nitrogens with one attached hydrogen (secondary N) is 1. The first kappa shape index (κ1) is 12.4. The molecule has 1 heterocycles. The number of rotatable bonds is 3. The van der Waals surface area contributed by atoms with E-state index in [2.05, 4.69) is 16.0 Å². The lowest BCUT2D eigenvalue weighted by Crippen LogP contribution is -2.16. The van der Waals surface area contributed by atoms with Crippen molar-refractivity contribution in [3.63, 3.8) is 0 Å². The fourth-order valence-corrected chi connectivity index (χ4v) is 1.84. The molecule has 18 heavy (non-hydrogen) atoms. The number of methoxy groups -OCH3 is 1. The third kappa shape index (κ3) is 2.59. The van der Waals surface area contributed by atoms with E-state index in [9.17, 15) is 4.79 Å². The number of hydrogen-bond donors (Lipinski definition) is 1. The minimum absolute atomic E-state index is 0.149. The van der Waals surface area contributed by atoms with Crippen molar-refractivity contribution in [2.24, 2.45) is 0 Å². The van der Waals surface area contributed by atoms with Crippen LogP contribution >= 0.6 is 0 Å². The molecule has 2 aromatic rings. The van der Waals surface area contributed by atoms with Gasteiger partial charge in [0.25, 0.3) is 11.6 Å². The summed E-state index contributed by atoms with van der Waals surface area (Å²) in [4.78, 5) is 18.6. The standard InChI is InChI=1S/C14H16N2O2/c1-9-5-4-6-11(7-9)8-12-10(2)13(17)16-14(15-12)18-3/h4-7H,8H2,1-3H3,(H,15,16,17). The molecule has 0 fully saturated rings. The highest BCUT2D eigenvalue weighted by molar-refractivity contribution is 5.29. The smallest absolute Gasteiger partial charge is 0.296 e. The van der Waals surface area contributed by atoms with E-state index in [1.54, 1.807) is 6.92 Å². The molecule has 0 spiro atoms. The van der Waals surface area contributed by atoms with Crippen LogP contribution in [-0.2, 0) is 6.42 Å². The third-order valence-corrected chi connectivity index (χ3v) is 2.88. The summed E-state index contributed by atoms with van der Waals surface area (Å²) in [5.41, 5.74) is 3.57. The molecule has 0 saturated heterocycles. The van der Waals surface area contributed by atoms with Crippen molar-refractivity contribution in [2.45, 2.75) is 20.3 Å². The lowest BCUT2D eigenvalue weighted by atomic mass is 10.0. The second-order valence-corrected chi connectivity index (χ2v) is 4.31. The lowest BCUT2D eigenvalue weighted by molar-refractivity contribution is 0.376. The second kappa shape index (κ2) is 5.04. The zero-order chi connectivity index (χ0) is 13.1. The van der Waals surface area contributed by atoms with E-state index < -0.39 is 0 Å². The summed E-state index contributed by atoms with van der Waals surface area (Å²) in [6.45, 7) is 3.82. The summed E-state index contributed by atoms with van der Waals surface area (Å²) in [7, 11) is 1.49. The Morgan fingerprint density at radius 2 is 2.11 bits per heavy atom. The molecule has 4 nitrogen and oxygen atoms in total. The highest BCUT2D eigenvalue weighted by Crippen LogP contribution is 2.12. The first-order valence-corrected chi connectivity index (χ1v) is 5.79. The lowest BCUT2D eigenvalue weighted by Gasteiger charge is -2.07. The molecule has 0 aliphatic rings. The molecular formula is C14H16N2O2. The van der Waals surface area contributed by atoms with Gasteiger partial charge >= 0.3 is 0 Å². The Labute approximate surface area is 106 Å². The van der Waals surface area contributed by atoms with Crippen LogP contribution in [0.2, 0.25) is 0 Å². The second-order valence-electron chi connectivity index (χ2n) is 4.31. The van der Waals surface area contributed by atoms with Crippen molar-refractivity contribution < 1.29 is 4.74 Å². The average Bonchev–Trinajstić information content (AvgIpc) is 2.34. The van der Waals surface area contributed by atoms with Gasteiger partial charge in [0, 0.05) is 12.0 Å². The zero-order valence-electron chi connectivity index (χ0n) is 10.8. The molecule has 0 aliphatic heterocycles. The third-order valence-electron chi connectivity index (χ3n) is 2.88. The SMILES string of the molecule is COc1nc(Cc2cccc(C)c2)c(C)c(=O)[nH]1. The molecule has 1 aromatic carbocycles. The van der Waals surface area contributed by atoms with Crippen LogP contribution in [0.15, 0.2) is 29.1 Å².